The molecule has 0 saturated carbocycles. The minimum atomic E-state index is -1.06. The van der Waals surface area contributed by atoms with Crippen molar-refractivity contribution < 1.29 is 13.6 Å². The van der Waals surface area contributed by atoms with Gasteiger partial charge in [-0.25, -0.2) is 8.78 Å². The Morgan fingerprint density at radius 2 is 1.81 bits per heavy atom. The summed E-state index contributed by atoms with van der Waals surface area (Å²) >= 11 is 0. The minimum Gasteiger partial charge on any atom is -0.337 e. The highest BCUT2D eigenvalue weighted by Gasteiger charge is 2.21. The van der Waals surface area contributed by atoms with Gasteiger partial charge in [-0.15, -0.1) is 0 Å². The van der Waals surface area contributed by atoms with E-state index in [1.54, 1.807) is 4.90 Å². The number of carbonyl (C=O) groups excluding carboxylic acids is 1. The highest BCUT2D eigenvalue weighted by Crippen LogP contribution is 2.14. The maximum absolute atomic E-state index is 13.6. The summed E-state index contributed by atoms with van der Waals surface area (Å²) in [5, 5.41) is 3.23. The lowest BCUT2D eigenvalue weighted by molar-refractivity contribution is 0.0751. The fourth-order valence-electron chi connectivity index (χ4n) is 2.22. The van der Waals surface area contributed by atoms with Gasteiger partial charge in [0.2, 0.25) is 0 Å². The van der Waals surface area contributed by atoms with E-state index in [1.165, 1.54) is 12.1 Å². The molecule has 0 spiro atoms. The van der Waals surface area contributed by atoms with E-state index in [1.807, 2.05) is 0 Å². The molecule has 3 nitrogen and oxygen atoms in total. The summed E-state index contributed by atoms with van der Waals surface area (Å²) in [6, 6.07) is 3.72. The monoisotopic (exact) mass is 296 g/mol. The molecule has 1 N–H and O–H groups in total. The number of halogens is 2. The summed E-state index contributed by atoms with van der Waals surface area (Å²) in [6.07, 6.45) is 3.00. The second-order valence-electron chi connectivity index (χ2n) is 4.70. The van der Waals surface area contributed by atoms with E-state index in [2.05, 4.69) is 5.32 Å². The first-order valence-corrected chi connectivity index (χ1v) is 6.64. The van der Waals surface area contributed by atoms with Crippen molar-refractivity contribution in [1.82, 2.24) is 10.2 Å². The van der Waals surface area contributed by atoms with Gasteiger partial charge in [0, 0.05) is 19.6 Å². The second-order valence-corrected chi connectivity index (χ2v) is 4.70. The van der Waals surface area contributed by atoms with Crippen molar-refractivity contribution in [3.05, 3.63) is 50.3 Å². The third kappa shape index (κ3) is 5.08. The molecule has 4 radical (unpaired) electrons. The van der Waals surface area contributed by atoms with Crippen molar-refractivity contribution in [2.75, 3.05) is 26.2 Å². The zero-order valence-corrected chi connectivity index (χ0v) is 12.2. The predicted octanol–water partition coefficient (Wildman–Crippen LogP) is 2.84. The Kier molecular flexibility index (Phi) is 8.78. The smallest absolute Gasteiger partial charge is 0.256 e. The predicted molar refractivity (Wildman–Crippen MR) is 79.7 cm³/mol. The van der Waals surface area contributed by atoms with E-state index in [9.17, 15) is 13.6 Å². The van der Waals surface area contributed by atoms with E-state index in [-0.39, 0.29) is 20.4 Å². The molecule has 1 aliphatic heterocycles. The lowest BCUT2D eigenvalue weighted by Crippen LogP contribution is -2.37. The second kappa shape index (κ2) is 9.45. The Hall–Kier alpha value is -1.49. The minimum absolute atomic E-state index is 0. The molecule has 0 atom stereocenters. The van der Waals surface area contributed by atoms with E-state index in [0.29, 0.717) is 19.6 Å². The summed E-state index contributed by atoms with van der Waals surface area (Å²) in [7, 11) is 0. The topological polar surface area (TPSA) is 32.3 Å². The van der Waals surface area contributed by atoms with Crippen molar-refractivity contribution in [3.8, 4) is 0 Å². The van der Waals surface area contributed by atoms with E-state index >= 15 is 0 Å². The number of amides is 1. The van der Waals surface area contributed by atoms with Gasteiger partial charge in [-0.2, -0.15) is 0 Å². The summed E-state index contributed by atoms with van der Waals surface area (Å²) < 4.78 is 26.8. The van der Waals surface area contributed by atoms with Gasteiger partial charge in [0.15, 0.2) is 11.6 Å². The van der Waals surface area contributed by atoms with Gasteiger partial charge in [0.05, 0.1) is 5.56 Å². The average Bonchev–Trinajstić information content (AvgIpc) is 2.54. The fourth-order valence-corrected chi connectivity index (χ4v) is 2.22. The van der Waals surface area contributed by atoms with Crippen LogP contribution in [0.25, 0.3) is 0 Å². The van der Waals surface area contributed by atoms with Crippen molar-refractivity contribution in [3.63, 3.8) is 0 Å². The molecule has 1 fully saturated rings. The van der Waals surface area contributed by atoms with Crippen molar-refractivity contribution in [1.29, 1.82) is 0 Å². The maximum atomic E-state index is 13.6. The summed E-state index contributed by atoms with van der Waals surface area (Å²) in [6.45, 7) is 2.74. The van der Waals surface area contributed by atoms with Crippen LogP contribution < -0.4 is 5.32 Å². The van der Waals surface area contributed by atoms with Crippen LogP contribution in [0.2, 0.25) is 0 Å². The van der Waals surface area contributed by atoms with Crippen LogP contribution in [0.1, 0.15) is 29.6 Å². The number of hydrogen-bond acceptors (Lipinski definition) is 2. The lowest BCUT2D eigenvalue weighted by Gasteiger charge is -2.22. The average molecular weight is 296 g/mol. The van der Waals surface area contributed by atoms with Crippen LogP contribution in [0.15, 0.2) is 18.2 Å². The Bertz CT molecular complexity index is 442. The van der Waals surface area contributed by atoms with Gasteiger partial charge in [-0.05, 0) is 31.5 Å². The molecule has 1 saturated heterocycles. The lowest BCUT2D eigenvalue weighted by atomic mass is 10.1. The largest absolute Gasteiger partial charge is 0.337 e. The third-order valence-corrected chi connectivity index (χ3v) is 3.31. The molecule has 21 heavy (non-hydrogen) atoms. The number of benzene rings is 1. The maximum Gasteiger partial charge on any atom is 0.256 e. The van der Waals surface area contributed by atoms with E-state index in [4.69, 9.17) is 0 Å². The van der Waals surface area contributed by atoms with E-state index in [0.717, 1.165) is 31.9 Å². The fraction of sp³-hybridized carbons (Fsp3) is 0.438. The van der Waals surface area contributed by atoms with Crippen LogP contribution in [0.5, 0.6) is 0 Å². The zero-order chi connectivity index (χ0) is 13.7. The number of nitrogens with zero attached hydrogens (tertiary/aromatic N) is 1. The summed E-state index contributed by atoms with van der Waals surface area (Å²) in [4.78, 5) is 13.8. The molecule has 0 aromatic heterocycles. The first kappa shape index (κ1) is 19.5. The van der Waals surface area contributed by atoms with Crippen LogP contribution in [0, 0.1) is 26.5 Å². The third-order valence-electron chi connectivity index (χ3n) is 3.31. The number of nitrogens with one attached hydrogen (secondary N) is 1. The van der Waals surface area contributed by atoms with Gasteiger partial charge in [-0.3, -0.25) is 4.79 Å². The standard InChI is InChI=1S/C14H18F2N2O.2CH2/c15-12-6-4-5-11(13(12)16)14(19)18-9-3-1-2-7-17-8-10-18;;/h4-6,17H,1-3,7-10H2;2*1H2. The van der Waals surface area contributed by atoms with Crippen LogP contribution >= 0.6 is 0 Å². The molecule has 1 aromatic carbocycles. The molecule has 1 aliphatic rings. The number of hydrogen-bond donors (Lipinski definition) is 1. The molecular weight excluding hydrogens is 274 g/mol. The molecule has 5 heteroatoms. The molecule has 1 amide bonds. The first-order valence-electron chi connectivity index (χ1n) is 6.64. The van der Waals surface area contributed by atoms with Crippen LogP contribution in [-0.2, 0) is 0 Å². The highest BCUT2D eigenvalue weighted by molar-refractivity contribution is 5.94. The summed E-state index contributed by atoms with van der Waals surface area (Å²) in [5.41, 5.74) is -0.181. The molecule has 2 rings (SSSR count). The molecule has 1 aromatic rings. The SMILES string of the molecule is O=C(c1cccc(F)c1F)N1CCCCCNCC1.[CH2].[CH2]. The first-order chi connectivity index (χ1) is 9.20. The number of rotatable bonds is 1. The van der Waals surface area contributed by atoms with Gasteiger partial charge in [0.1, 0.15) is 0 Å². The Labute approximate surface area is 126 Å². The molecule has 1 heterocycles. The molecule has 116 valence electrons. The van der Waals surface area contributed by atoms with E-state index < -0.39 is 17.5 Å². The Morgan fingerprint density at radius 3 is 2.57 bits per heavy atom. The van der Waals surface area contributed by atoms with Crippen molar-refractivity contribution in [2.45, 2.75) is 19.3 Å². The Morgan fingerprint density at radius 1 is 1.05 bits per heavy atom. The van der Waals surface area contributed by atoms with Crippen LogP contribution in [0.4, 0.5) is 8.78 Å². The molecular formula is C16H22F2N2O. The molecule has 0 unspecified atom stereocenters. The molecule has 0 bridgehead atoms. The summed E-state index contributed by atoms with van der Waals surface area (Å²) in [5.74, 6) is -2.46. The zero-order valence-electron chi connectivity index (χ0n) is 12.2. The normalized spacial score (nSPS) is 15.8. The van der Waals surface area contributed by atoms with Crippen LogP contribution in [0.3, 0.4) is 0 Å². The van der Waals surface area contributed by atoms with Crippen LogP contribution in [-0.4, -0.2) is 37.0 Å². The van der Waals surface area contributed by atoms with Crippen molar-refractivity contribution >= 4 is 5.91 Å². The van der Waals surface area contributed by atoms with Gasteiger partial charge >= 0.3 is 0 Å². The highest BCUT2D eigenvalue weighted by atomic mass is 19.2. The Balaban J connectivity index is 0.00000200. The van der Waals surface area contributed by atoms with Gasteiger partial charge in [-0.1, -0.05) is 27.3 Å². The van der Waals surface area contributed by atoms with Gasteiger partial charge < -0.3 is 10.2 Å². The van der Waals surface area contributed by atoms with Crippen molar-refractivity contribution in [2.24, 2.45) is 0 Å². The number of carbonyl (C=O) groups is 1. The quantitative estimate of drug-likeness (QED) is 0.864. The molecule has 0 aliphatic carbocycles. The van der Waals surface area contributed by atoms with Gasteiger partial charge in [0.25, 0.3) is 5.91 Å².